The first-order valence-electron chi connectivity index (χ1n) is 14.0. The van der Waals surface area contributed by atoms with Gasteiger partial charge in [-0.15, -0.1) is 5.10 Å². The normalized spacial score (nSPS) is 16.1. The van der Waals surface area contributed by atoms with Crippen molar-refractivity contribution in [2.24, 2.45) is 11.8 Å². The Morgan fingerprint density at radius 1 is 1.02 bits per heavy atom. The summed E-state index contributed by atoms with van der Waals surface area (Å²) in [4.78, 5) is 7.03. The van der Waals surface area contributed by atoms with Crippen LogP contribution in [0.1, 0.15) is 43.4 Å². The Morgan fingerprint density at radius 3 is 2.59 bits per heavy atom. The number of hydrogen-bond acceptors (Lipinski definition) is 7. The molecule has 1 aliphatic heterocycles. The van der Waals surface area contributed by atoms with Crippen LogP contribution in [0, 0.1) is 29.0 Å². The number of halogens is 3. The van der Waals surface area contributed by atoms with Gasteiger partial charge in [0.15, 0.2) is 0 Å². The van der Waals surface area contributed by atoms with Gasteiger partial charge in [0.25, 0.3) is 0 Å². The van der Waals surface area contributed by atoms with E-state index in [4.69, 9.17) is 23.2 Å². The van der Waals surface area contributed by atoms with E-state index in [1.807, 2.05) is 16.9 Å². The maximum Gasteiger partial charge on any atom is 0.141 e. The number of fused-ring (bicyclic) bond motifs is 1. The molecule has 2 aromatic heterocycles. The molecule has 1 aliphatic carbocycles. The highest BCUT2D eigenvalue weighted by Crippen LogP contribution is 2.36. The van der Waals surface area contributed by atoms with Crippen LogP contribution >= 0.6 is 23.2 Å². The quantitative estimate of drug-likeness (QED) is 0.204. The van der Waals surface area contributed by atoms with Gasteiger partial charge in [0.2, 0.25) is 0 Å². The molecule has 0 atom stereocenters. The maximum absolute atomic E-state index is 13.7. The van der Waals surface area contributed by atoms with Crippen molar-refractivity contribution >= 4 is 51.2 Å². The summed E-state index contributed by atoms with van der Waals surface area (Å²) in [5.41, 5.74) is 3.47. The molecule has 1 saturated carbocycles. The first-order chi connectivity index (χ1) is 19.9. The summed E-state index contributed by atoms with van der Waals surface area (Å²) in [6, 6.07) is 10.1. The van der Waals surface area contributed by atoms with E-state index < -0.39 is 5.82 Å². The second-order valence-corrected chi connectivity index (χ2v) is 11.9. The van der Waals surface area contributed by atoms with Crippen LogP contribution in [0.15, 0.2) is 42.7 Å². The molecule has 212 valence electrons. The molecule has 0 radical (unpaired) electrons. The summed E-state index contributed by atoms with van der Waals surface area (Å²) in [5.74, 6) is 1.19. The zero-order valence-electron chi connectivity index (χ0n) is 22.6. The Hall–Kier alpha value is -3.45. The number of likely N-dealkylation sites (tertiary alicyclic amines) is 1. The van der Waals surface area contributed by atoms with Gasteiger partial charge in [-0.1, -0.05) is 28.4 Å². The highest BCUT2D eigenvalue weighted by molar-refractivity contribution is 6.36. The SMILES string of the molecule is N#Cc1cnc2c(Cl)cc(NCc3cn(CCC4CCN(CC5CC5)CC4)nn3)cc2c1Nc1ccc(F)c(Cl)c1. The highest BCUT2D eigenvalue weighted by Gasteiger charge is 2.27. The van der Waals surface area contributed by atoms with Crippen molar-refractivity contribution in [3.63, 3.8) is 0 Å². The van der Waals surface area contributed by atoms with Crippen LogP contribution < -0.4 is 10.6 Å². The molecule has 0 bridgehead atoms. The third-order valence-corrected chi connectivity index (χ3v) is 8.56. The van der Waals surface area contributed by atoms with E-state index >= 15 is 0 Å². The number of anilines is 3. The minimum atomic E-state index is -0.520. The standard InChI is InChI=1S/C30H31Cl2FN8/c31-26-12-22(3-4-28(26)33)37-29-21(14-34)15-36-30-25(29)11-23(13-27(30)32)35-16-24-18-41(39-38-24)10-7-19-5-8-40(9-6-19)17-20-1-2-20/h3-4,11-13,15,18-20,35H,1-2,5-10,16-17H2,(H,36,37). The fourth-order valence-electron chi connectivity index (χ4n) is 5.46. The molecule has 1 saturated heterocycles. The van der Waals surface area contributed by atoms with Gasteiger partial charge in [-0.05, 0) is 87.4 Å². The Bertz CT molecular complexity index is 1590. The van der Waals surface area contributed by atoms with Gasteiger partial charge in [-0.25, -0.2) is 4.39 Å². The molecule has 0 spiro atoms. The third-order valence-electron chi connectivity index (χ3n) is 7.98. The molecule has 41 heavy (non-hydrogen) atoms. The van der Waals surface area contributed by atoms with Crippen LogP contribution in [-0.4, -0.2) is 44.5 Å². The number of rotatable bonds is 10. The predicted octanol–water partition coefficient (Wildman–Crippen LogP) is 7.01. The molecular weight excluding hydrogens is 562 g/mol. The molecule has 0 amide bonds. The fraction of sp³-hybridized carbons (Fsp3) is 0.400. The van der Waals surface area contributed by atoms with Gasteiger partial charge < -0.3 is 15.5 Å². The molecule has 4 aromatic rings. The molecule has 11 heteroatoms. The van der Waals surface area contributed by atoms with Crippen molar-refractivity contribution in [2.75, 3.05) is 30.3 Å². The van der Waals surface area contributed by atoms with Gasteiger partial charge in [0.1, 0.15) is 17.6 Å². The summed E-state index contributed by atoms with van der Waals surface area (Å²) >= 11 is 12.6. The van der Waals surface area contributed by atoms with Crippen LogP contribution in [0.4, 0.5) is 21.5 Å². The predicted molar refractivity (Wildman–Crippen MR) is 160 cm³/mol. The highest BCUT2D eigenvalue weighted by atomic mass is 35.5. The van der Waals surface area contributed by atoms with Gasteiger partial charge in [-0.3, -0.25) is 9.67 Å². The van der Waals surface area contributed by atoms with Gasteiger partial charge in [0, 0.05) is 36.0 Å². The lowest BCUT2D eigenvalue weighted by molar-refractivity contribution is 0.169. The van der Waals surface area contributed by atoms with Crippen molar-refractivity contribution < 1.29 is 4.39 Å². The molecular formula is C30H31Cl2FN8. The minimum absolute atomic E-state index is 0.0189. The maximum atomic E-state index is 13.7. The molecule has 8 nitrogen and oxygen atoms in total. The van der Waals surface area contributed by atoms with Crippen molar-refractivity contribution in [3.8, 4) is 6.07 Å². The van der Waals surface area contributed by atoms with Crippen molar-refractivity contribution in [1.82, 2.24) is 24.9 Å². The summed E-state index contributed by atoms with van der Waals surface area (Å²) in [7, 11) is 0. The van der Waals surface area contributed by atoms with Crippen LogP contribution in [0.3, 0.4) is 0 Å². The minimum Gasteiger partial charge on any atom is -0.379 e. The molecule has 2 aromatic carbocycles. The smallest absolute Gasteiger partial charge is 0.141 e. The number of piperidine rings is 1. The summed E-state index contributed by atoms with van der Waals surface area (Å²) in [5, 5.41) is 26.0. The number of nitriles is 1. The summed E-state index contributed by atoms with van der Waals surface area (Å²) in [6.07, 6.45) is 9.95. The van der Waals surface area contributed by atoms with E-state index in [9.17, 15) is 9.65 Å². The number of nitrogens with zero attached hydrogens (tertiary/aromatic N) is 6. The number of pyridine rings is 1. The lowest BCUT2D eigenvalue weighted by Crippen LogP contribution is -2.35. The molecule has 0 unspecified atom stereocenters. The average molecular weight is 594 g/mol. The molecule has 2 fully saturated rings. The molecule has 2 aliphatic rings. The average Bonchev–Trinajstić information content (AvgIpc) is 3.68. The number of aryl methyl sites for hydroxylation is 1. The zero-order valence-corrected chi connectivity index (χ0v) is 24.1. The number of aromatic nitrogens is 4. The Kier molecular flexibility index (Phi) is 8.24. The van der Waals surface area contributed by atoms with Crippen molar-refractivity contribution in [3.05, 3.63) is 69.8 Å². The molecule has 6 rings (SSSR count). The van der Waals surface area contributed by atoms with Crippen molar-refractivity contribution in [1.29, 1.82) is 5.26 Å². The van der Waals surface area contributed by atoms with E-state index in [1.54, 1.807) is 12.1 Å². The van der Waals surface area contributed by atoms with Crippen LogP contribution in [-0.2, 0) is 13.1 Å². The van der Waals surface area contributed by atoms with E-state index in [0.29, 0.717) is 39.4 Å². The molecule has 2 N–H and O–H groups in total. The van der Waals surface area contributed by atoms with Crippen LogP contribution in [0.2, 0.25) is 10.0 Å². The molecule has 3 heterocycles. The van der Waals surface area contributed by atoms with Crippen molar-refractivity contribution in [2.45, 2.75) is 45.2 Å². The van der Waals surface area contributed by atoms with E-state index in [-0.39, 0.29) is 5.02 Å². The second-order valence-electron chi connectivity index (χ2n) is 11.1. The lowest BCUT2D eigenvalue weighted by Gasteiger charge is -2.31. The fourth-order valence-corrected chi connectivity index (χ4v) is 5.91. The largest absolute Gasteiger partial charge is 0.379 e. The van der Waals surface area contributed by atoms with Crippen LogP contribution in [0.5, 0.6) is 0 Å². The van der Waals surface area contributed by atoms with Gasteiger partial charge in [0.05, 0.1) is 39.6 Å². The van der Waals surface area contributed by atoms with E-state index in [0.717, 1.165) is 36.2 Å². The summed E-state index contributed by atoms with van der Waals surface area (Å²) in [6.45, 7) is 5.08. The first kappa shape index (κ1) is 27.7. The lowest BCUT2D eigenvalue weighted by atomic mass is 9.93. The Labute approximate surface area is 248 Å². The number of nitrogens with one attached hydrogen (secondary N) is 2. The first-order valence-corrected chi connectivity index (χ1v) is 14.8. The van der Waals surface area contributed by atoms with Gasteiger partial charge >= 0.3 is 0 Å². The number of benzene rings is 2. The Morgan fingerprint density at radius 2 is 1.83 bits per heavy atom. The monoisotopic (exact) mass is 592 g/mol. The number of hydrogen-bond donors (Lipinski definition) is 2. The zero-order chi connectivity index (χ0) is 28.3. The second kappa shape index (κ2) is 12.2. The van der Waals surface area contributed by atoms with Crippen LogP contribution in [0.25, 0.3) is 10.9 Å². The topological polar surface area (TPSA) is 94.7 Å². The van der Waals surface area contributed by atoms with E-state index in [1.165, 1.54) is 63.6 Å². The van der Waals surface area contributed by atoms with Gasteiger partial charge in [-0.2, -0.15) is 5.26 Å². The summed E-state index contributed by atoms with van der Waals surface area (Å²) < 4.78 is 15.6. The van der Waals surface area contributed by atoms with E-state index in [2.05, 4.69) is 36.9 Å². The Balaban J connectivity index is 1.10. The third kappa shape index (κ3) is 6.72.